The van der Waals surface area contributed by atoms with E-state index in [9.17, 15) is 31.1 Å². The van der Waals surface area contributed by atoms with Crippen LogP contribution in [0.25, 0.3) is 0 Å². The normalized spacial score (nSPS) is 12.0. The molecular weight excluding hydrogens is 324 g/mol. The Labute approximate surface area is 119 Å². The summed E-state index contributed by atoms with van der Waals surface area (Å²) < 4.78 is 87.5. The van der Waals surface area contributed by atoms with Crippen molar-refractivity contribution in [3.8, 4) is 11.5 Å². The van der Waals surface area contributed by atoms with Gasteiger partial charge in [0.1, 0.15) is 0 Å². The van der Waals surface area contributed by atoms with Crippen molar-refractivity contribution < 1.29 is 45.3 Å². The van der Waals surface area contributed by atoms with E-state index in [1.165, 1.54) is 0 Å². The maximum atomic E-state index is 12.8. The maximum absolute atomic E-state index is 12.8. The summed E-state index contributed by atoms with van der Waals surface area (Å²) in [5.41, 5.74) is -2.35. The molecular formula is C11H9F6NO4. The molecule has 0 spiro atoms. The quantitative estimate of drug-likeness (QED) is 0.626. The molecule has 0 aliphatic carbocycles. The standard InChI is InChI=1S/C11H9F6NO4/c1-20-7(19)3-5-6(22-11(15,16)17)4-18-9(8(5)21-2)10(12,13)14/h4H,3H2,1-2H3. The molecule has 0 bridgehead atoms. The van der Waals surface area contributed by atoms with Crippen molar-refractivity contribution >= 4 is 5.97 Å². The predicted octanol–water partition coefficient (Wildman–Crippen LogP) is 2.72. The molecule has 1 aromatic heterocycles. The number of rotatable bonds is 4. The lowest BCUT2D eigenvalue weighted by molar-refractivity contribution is -0.275. The second kappa shape index (κ2) is 6.28. The van der Waals surface area contributed by atoms with Crippen LogP contribution in [0.3, 0.4) is 0 Å². The van der Waals surface area contributed by atoms with Gasteiger partial charge in [-0.25, -0.2) is 4.98 Å². The minimum absolute atomic E-state index is 0.219. The van der Waals surface area contributed by atoms with E-state index in [-0.39, 0.29) is 6.20 Å². The molecule has 0 radical (unpaired) electrons. The fourth-order valence-electron chi connectivity index (χ4n) is 1.53. The average molecular weight is 333 g/mol. The molecule has 0 fully saturated rings. The van der Waals surface area contributed by atoms with E-state index in [1.807, 2.05) is 0 Å². The Kier molecular flexibility index (Phi) is 5.09. The summed E-state index contributed by atoms with van der Waals surface area (Å²) >= 11 is 0. The number of aromatic nitrogens is 1. The first-order chi connectivity index (χ1) is 9.99. The number of nitrogens with zero attached hydrogens (tertiary/aromatic N) is 1. The topological polar surface area (TPSA) is 57.7 Å². The number of pyridine rings is 1. The van der Waals surface area contributed by atoms with Gasteiger partial charge in [0.05, 0.1) is 32.4 Å². The van der Waals surface area contributed by atoms with Crippen LogP contribution in [0.5, 0.6) is 11.5 Å². The van der Waals surface area contributed by atoms with Crippen LogP contribution < -0.4 is 9.47 Å². The third-order valence-electron chi connectivity index (χ3n) is 2.34. The number of carbonyl (C=O) groups is 1. The molecule has 22 heavy (non-hydrogen) atoms. The predicted molar refractivity (Wildman–Crippen MR) is 58.2 cm³/mol. The summed E-state index contributed by atoms with van der Waals surface area (Å²) in [7, 11) is 1.72. The highest BCUT2D eigenvalue weighted by Crippen LogP contribution is 2.41. The van der Waals surface area contributed by atoms with E-state index < -0.39 is 47.7 Å². The number of hydrogen-bond donors (Lipinski definition) is 0. The van der Waals surface area contributed by atoms with Gasteiger partial charge in [0.2, 0.25) is 0 Å². The van der Waals surface area contributed by atoms with E-state index in [4.69, 9.17) is 0 Å². The molecule has 0 saturated carbocycles. The van der Waals surface area contributed by atoms with Gasteiger partial charge in [0.25, 0.3) is 0 Å². The van der Waals surface area contributed by atoms with Gasteiger partial charge >= 0.3 is 18.5 Å². The molecule has 0 N–H and O–H groups in total. The van der Waals surface area contributed by atoms with Crippen molar-refractivity contribution in [1.82, 2.24) is 4.98 Å². The largest absolute Gasteiger partial charge is 0.573 e. The molecule has 1 aromatic rings. The lowest BCUT2D eigenvalue weighted by Crippen LogP contribution is -2.21. The lowest BCUT2D eigenvalue weighted by Gasteiger charge is -2.18. The fourth-order valence-corrected chi connectivity index (χ4v) is 1.53. The lowest BCUT2D eigenvalue weighted by atomic mass is 10.1. The van der Waals surface area contributed by atoms with Gasteiger partial charge in [0, 0.05) is 0 Å². The Bertz CT molecular complexity index is 555. The third-order valence-corrected chi connectivity index (χ3v) is 2.34. The SMILES string of the molecule is COC(=O)Cc1c(OC(F)(F)F)cnc(C(F)(F)F)c1OC. The summed E-state index contributed by atoms with van der Waals surface area (Å²) in [6, 6.07) is 0. The van der Waals surface area contributed by atoms with Crippen molar-refractivity contribution in [2.75, 3.05) is 14.2 Å². The number of hydrogen-bond acceptors (Lipinski definition) is 5. The maximum Gasteiger partial charge on any atom is 0.573 e. The van der Waals surface area contributed by atoms with Crippen LogP contribution in [0.15, 0.2) is 6.20 Å². The number of ether oxygens (including phenoxy) is 3. The van der Waals surface area contributed by atoms with Gasteiger partial charge in [-0.3, -0.25) is 4.79 Å². The molecule has 0 amide bonds. The zero-order valence-electron chi connectivity index (χ0n) is 11.1. The third kappa shape index (κ3) is 4.40. The molecule has 0 atom stereocenters. The van der Waals surface area contributed by atoms with Crippen LogP contribution in [-0.2, 0) is 22.1 Å². The number of alkyl halides is 6. The Hall–Kier alpha value is -2.20. The molecule has 11 heteroatoms. The van der Waals surface area contributed by atoms with E-state index in [2.05, 4.69) is 19.2 Å². The van der Waals surface area contributed by atoms with Crippen molar-refractivity contribution in [3.05, 3.63) is 17.5 Å². The highest BCUT2D eigenvalue weighted by Gasteiger charge is 2.40. The van der Waals surface area contributed by atoms with Crippen molar-refractivity contribution in [1.29, 1.82) is 0 Å². The number of carbonyl (C=O) groups excluding carboxylic acids is 1. The smallest absolute Gasteiger partial charge is 0.494 e. The van der Waals surface area contributed by atoms with Crippen molar-refractivity contribution in [3.63, 3.8) is 0 Å². The minimum atomic E-state index is -5.18. The number of methoxy groups -OCH3 is 2. The summed E-state index contributed by atoms with van der Waals surface area (Å²) in [5.74, 6) is -3.20. The first-order valence-corrected chi connectivity index (χ1v) is 5.45. The second-order valence-electron chi connectivity index (χ2n) is 3.78. The molecule has 124 valence electrons. The number of halogens is 6. The minimum Gasteiger partial charge on any atom is -0.494 e. The van der Waals surface area contributed by atoms with Gasteiger partial charge in [-0.1, -0.05) is 0 Å². The van der Waals surface area contributed by atoms with Crippen LogP contribution in [0.1, 0.15) is 11.3 Å². The monoisotopic (exact) mass is 333 g/mol. The van der Waals surface area contributed by atoms with Crippen LogP contribution in [-0.4, -0.2) is 31.5 Å². The molecule has 5 nitrogen and oxygen atoms in total. The Balaban J connectivity index is 3.49. The van der Waals surface area contributed by atoms with Crippen molar-refractivity contribution in [2.45, 2.75) is 19.0 Å². The molecule has 0 unspecified atom stereocenters. The number of esters is 1. The van der Waals surface area contributed by atoms with Crippen LogP contribution in [0, 0.1) is 0 Å². The van der Waals surface area contributed by atoms with Gasteiger partial charge in [0.15, 0.2) is 17.2 Å². The van der Waals surface area contributed by atoms with E-state index >= 15 is 0 Å². The average Bonchev–Trinajstić information content (AvgIpc) is 2.37. The van der Waals surface area contributed by atoms with Gasteiger partial charge in [-0.05, 0) is 0 Å². The molecule has 0 aromatic carbocycles. The first kappa shape index (κ1) is 17.9. The highest BCUT2D eigenvalue weighted by molar-refractivity contribution is 5.75. The van der Waals surface area contributed by atoms with Crippen LogP contribution in [0.4, 0.5) is 26.3 Å². The van der Waals surface area contributed by atoms with Crippen LogP contribution >= 0.6 is 0 Å². The summed E-state index contributed by atoms with van der Waals surface area (Å²) in [5, 5.41) is 0. The molecule has 1 rings (SSSR count). The Morgan fingerprint density at radius 3 is 2.18 bits per heavy atom. The Morgan fingerprint density at radius 2 is 1.77 bits per heavy atom. The summed E-state index contributed by atoms with van der Waals surface area (Å²) in [4.78, 5) is 14.1. The molecule has 0 saturated heterocycles. The Morgan fingerprint density at radius 1 is 1.18 bits per heavy atom. The van der Waals surface area contributed by atoms with E-state index in [1.54, 1.807) is 0 Å². The second-order valence-corrected chi connectivity index (χ2v) is 3.78. The van der Waals surface area contributed by atoms with E-state index in [0.29, 0.717) is 0 Å². The van der Waals surface area contributed by atoms with Crippen LogP contribution in [0.2, 0.25) is 0 Å². The zero-order chi connectivity index (χ0) is 17.1. The van der Waals surface area contributed by atoms with Gasteiger partial charge in [-0.15, -0.1) is 13.2 Å². The molecule has 1 heterocycles. The van der Waals surface area contributed by atoms with E-state index in [0.717, 1.165) is 14.2 Å². The molecule has 0 aliphatic rings. The van der Waals surface area contributed by atoms with Crippen molar-refractivity contribution in [2.24, 2.45) is 0 Å². The van der Waals surface area contributed by atoms with Gasteiger partial charge in [-0.2, -0.15) is 13.2 Å². The fraction of sp³-hybridized carbons (Fsp3) is 0.455. The summed E-state index contributed by atoms with van der Waals surface area (Å²) in [6.07, 6.45) is -10.9. The van der Waals surface area contributed by atoms with Gasteiger partial charge < -0.3 is 14.2 Å². The highest BCUT2D eigenvalue weighted by atomic mass is 19.4. The molecule has 0 aliphatic heterocycles. The summed E-state index contributed by atoms with van der Waals surface area (Å²) in [6.45, 7) is 0. The first-order valence-electron chi connectivity index (χ1n) is 5.45. The zero-order valence-corrected chi connectivity index (χ0v) is 11.1.